The Morgan fingerprint density at radius 2 is 2.41 bits per heavy atom. The van der Waals surface area contributed by atoms with Crippen LogP contribution in [0.3, 0.4) is 0 Å². The fourth-order valence-electron chi connectivity index (χ4n) is 1.71. The summed E-state index contributed by atoms with van der Waals surface area (Å²) >= 11 is 0. The van der Waals surface area contributed by atoms with Gasteiger partial charge in [0.2, 0.25) is 5.91 Å². The van der Waals surface area contributed by atoms with E-state index in [0.29, 0.717) is 13.0 Å². The van der Waals surface area contributed by atoms with Gasteiger partial charge in [0.05, 0.1) is 11.8 Å². The normalized spacial score (nSPS) is 19.6. The number of hydrogen-bond donors (Lipinski definition) is 2. The van der Waals surface area contributed by atoms with Gasteiger partial charge in [-0.3, -0.25) is 14.6 Å². The van der Waals surface area contributed by atoms with Crippen LogP contribution < -0.4 is 10.6 Å². The van der Waals surface area contributed by atoms with Gasteiger partial charge in [-0.15, -0.1) is 0 Å². The minimum atomic E-state index is -0.693. The van der Waals surface area contributed by atoms with E-state index in [2.05, 4.69) is 15.6 Å². The number of carbonyl (C=O) groups excluding carboxylic acids is 2. The number of piperidine rings is 1. The summed E-state index contributed by atoms with van der Waals surface area (Å²) in [7, 11) is 0. The van der Waals surface area contributed by atoms with Crippen molar-refractivity contribution in [2.45, 2.75) is 18.9 Å². The summed E-state index contributed by atoms with van der Waals surface area (Å²) in [4.78, 5) is 26.7. The molecule has 1 saturated heterocycles. The molecule has 0 spiro atoms. The molecule has 90 valence electrons. The van der Waals surface area contributed by atoms with Crippen LogP contribution in [0.15, 0.2) is 18.5 Å². The van der Waals surface area contributed by atoms with E-state index < -0.39 is 17.8 Å². The fourth-order valence-corrected chi connectivity index (χ4v) is 1.71. The summed E-state index contributed by atoms with van der Waals surface area (Å²) in [6.45, 7) is 0.620. The third-order valence-corrected chi connectivity index (χ3v) is 2.61. The molecule has 1 atom stereocenters. The van der Waals surface area contributed by atoms with Crippen molar-refractivity contribution in [2.75, 3.05) is 6.54 Å². The van der Waals surface area contributed by atoms with Crippen LogP contribution in [0, 0.1) is 5.82 Å². The molecule has 1 fully saturated rings. The van der Waals surface area contributed by atoms with Crippen LogP contribution in [-0.2, 0) is 4.79 Å². The lowest BCUT2D eigenvalue weighted by Crippen LogP contribution is -2.50. The second-order valence-electron chi connectivity index (χ2n) is 3.81. The lowest BCUT2D eigenvalue weighted by atomic mass is 10.1. The summed E-state index contributed by atoms with van der Waals surface area (Å²) in [5.41, 5.74) is -0.0987. The van der Waals surface area contributed by atoms with E-state index in [1.165, 1.54) is 12.3 Å². The number of hydrogen-bond acceptors (Lipinski definition) is 3. The van der Waals surface area contributed by atoms with Gasteiger partial charge in [0.25, 0.3) is 5.91 Å². The molecule has 0 bridgehead atoms. The quantitative estimate of drug-likeness (QED) is 0.773. The highest BCUT2D eigenvalue weighted by Crippen LogP contribution is 2.07. The molecule has 1 aromatic heterocycles. The van der Waals surface area contributed by atoms with Crippen LogP contribution in [-0.4, -0.2) is 29.4 Å². The number of halogens is 1. The zero-order chi connectivity index (χ0) is 12.3. The van der Waals surface area contributed by atoms with E-state index in [4.69, 9.17) is 0 Å². The van der Waals surface area contributed by atoms with E-state index in [1.54, 1.807) is 0 Å². The van der Waals surface area contributed by atoms with Crippen molar-refractivity contribution in [3.8, 4) is 0 Å². The van der Waals surface area contributed by atoms with E-state index >= 15 is 0 Å². The lowest BCUT2D eigenvalue weighted by Gasteiger charge is -2.22. The Bertz CT molecular complexity index is 450. The minimum Gasteiger partial charge on any atom is -0.354 e. The Hall–Kier alpha value is -1.98. The first kappa shape index (κ1) is 11.5. The molecular weight excluding hydrogens is 225 g/mol. The number of carbonyl (C=O) groups is 2. The number of amides is 2. The molecule has 0 saturated carbocycles. The first-order valence-corrected chi connectivity index (χ1v) is 5.36. The highest BCUT2D eigenvalue weighted by molar-refractivity contribution is 5.97. The lowest BCUT2D eigenvalue weighted by molar-refractivity contribution is -0.124. The number of nitrogens with zero attached hydrogens (tertiary/aromatic N) is 1. The fraction of sp³-hybridized carbons (Fsp3) is 0.364. The highest BCUT2D eigenvalue weighted by atomic mass is 19.1. The Morgan fingerprint density at radius 3 is 3.12 bits per heavy atom. The van der Waals surface area contributed by atoms with Crippen LogP contribution >= 0.6 is 0 Å². The van der Waals surface area contributed by atoms with Gasteiger partial charge in [0, 0.05) is 12.7 Å². The Kier molecular flexibility index (Phi) is 3.32. The Morgan fingerprint density at radius 1 is 1.59 bits per heavy atom. The first-order chi connectivity index (χ1) is 8.18. The van der Waals surface area contributed by atoms with Gasteiger partial charge < -0.3 is 10.6 Å². The predicted octanol–water partition coefficient (Wildman–Crippen LogP) is 0.229. The maximum Gasteiger partial charge on any atom is 0.255 e. The summed E-state index contributed by atoms with van der Waals surface area (Å²) < 4.78 is 13.3. The first-order valence-electron chi connectivity index (χ1n) is 5.36. The standard InChI is InChI=1S/C11H12FN3O2/c12-8-6-13-5-3-7(8)10(16)15-9-2-1-4-14-11(9)17/h3,5-6,9H,1-2,4H2,(H,14,17)(H,15,16). The second-order valence-corrected chi connectivity index (χ2v) is 3.81. The Balaban J connectivity index is 2.06. The van der Waals surface area contributed by atoms with Crippen molar-refractivity contribution < 1.29 is 14.0 Å². The van der Waals surface area contributed by atoms with Crippen LogP contribution in [0.2, 0.25) is 0 Å². The van der Waals surface area contributed by atoms with E-state index in [1.807, 2.05) is 0 Å². The topological polar surface area (TPSA) is 71.1 Å². The van der Waals surface area contributed by atoms with Gasteiger partial charge in [-0.1, -0.05) is 0 Å². The van der Waals surface area contributed by atoms with Gasteiger partial charge >= 0.3 is 0 Å². The number of pyridine rings is 1. The molecule has 2 N–H and O–H groups in total. The van der Waals surface area contributed by atoms with Gasteiger partial charge in [-0.25, -0.2) is 4.39 Å². The van der Waals surface area contributed by atoms with Crippen LogP contribution in [0.1, 0.15) is 23.2 Å². The number of aromatic nitrogens is 1. The molecule has 2 heterocycles. The monoisotopic (exact) mass is 237 g/mol. The average Bonchev–Trinajstić information content (AvgIpc) is 2.32. The molecule has 5 nitrogen and oxygen atoms in total. The van der Waals surface area contributed by atoms with Crippen LogP contribution in [0.25, 0.3) is 0 Å². The third kappa shape index (κ3) is 2.58. The largest absolute Gasteiger partial charge is 0.354 e. The Labute approximate surface area is 97.4 Å². The SMILES string of the molecule is O=C(NC1CCCNC1=O)c1ccncc1F. The molecule has 2 amide bonds. The highest BCUT2D eigenvalue weighted by Gasteiger charge is 2.24. The molecule has 17 heavy (non-hydrogen) atoms. The van der Waals surface area contributed by atoms with E-state index in [-0.39, 0.29) is 11.5 Å². The van der Waals surface area contributed by atoms with Gasteiger partial charge in [-0.2, -0.15) is 0 Å². The summed E-state index contributed by atoms with van der Waals surface area (Å²) in [5, 5.41) is 5.15. The van der Waals surface area contributed by atoms with Crippen molar-refractivity contribution in [1.29, 1.82) is 0 Å². The zero-order valence-corrected chi connectivity index (χ0v) is 9.07. The number of nitrogens with one attached hydrogen (secondary N) is 2. The maximum atomic E-state index is 13.3. The van der Waals surface area contributed by atoms with Gasteiger partial charge in [0.15, 0.2) is 5.82 Å². The van der Waals surface area contributed by atoms with Crippen molar-refractivity contribution in [2.24, 2.45) is 0 Å². The van der Waals surface area contributed by atoms with Crippen molar-refractivity contribution >= 4 is 11.8 Å². The summed E-state index contributed by atoms with van der Waals surface area (Å²) in [6, 6.07) is 0.703. The zero-order valence-electron chi connectivity index (χ0n) is 9.07. The van der Waals surface area contributed by atoms with E-state index in [9.17, 15) is 14.0 Å². The molecule has 0 radical (unpaired) electrons. The molecule has 0 aliphatic carbocycles. The molecular formula is C11H12FN3O2. The molecule has 0 aromatic carbocycles. The third-order valence-electron chi connectivity index (χ3n) is 2.61. The van der Waals surface area contributed by atoms with Gasteiger partial charge in [-0.05, 0) is 18.9 Å². The molecule has 1 aromatic rings. The van der Waals surface area contributed by atoms with Gasteiger partial charge in [0.1, 0.15) is 6.04 Å². The van der Waals surface area contributed by atoms with Crippen LogP contribution in [0.4, 0.5) is 4.39 Å². The second kappa shape index (κ2) is 4.90. The van der Waals surface area contributed by atoms with Crippen molar-refractivity contribution in [3.05, 3.63) is 29.8 Å². The van der Waals surface area contributed by atoms with E-state index in [0.717, 1.165) is 12.6 Å². The molecule has 1 unspecified atom stereocenters. The van der Waals surface area contributed by atoms with Crippen LogP contribution in [0.5, 0.6) is 0 Å². The van der Waals surface area contributed by atoms with Crippen molar-refractivity contribution in [1.82, 2.24) is 15.6 Å². The smallest absolute Gasteiger partial charge is 0.255 e. The maximum absolute atomic E-state index is 13.3. The minimum absolute atomic E-state index is 0.0987. The summed E-state index contributed by atoms with van der Waals surface area (Å²) in [5.74, 6) is -1.51. The molecule has 6 heteroatoms. The molecule has 1 aliphatic rings. The average molecular weight is 237 g/mol. The predicted molar refractivity (Wildman–Crippen MR) is 57.7 cm³/mol. The summed E-state index contributed by atoms with van der Waals surface area (Å²) in [6.07, 6.45) is 3.68. The number of rotatable bonds is 2. The molecule has 2 rings (SSSR count). The van der Waals surface area contributed by atoms with Crippen molar-refractivity contribution in [3.63, 3.8) is 0 Å². The molecule has 1 aliphatic heterocycles.